The van der Waals surface area contributed by atoms with Gasteiger partial charge in [-0.25, -0.2) is 0 Å². The fourth-order valence-electron chi connectivity index (χ4n) is 4.01. The van der Waals surface area contributed by atoms with Crippen LogP contribution in [0.5, 0.6) is 0 Å². The highest BCUT2D eigenvalue weighted by atomic mass is 16.6. The first-order chi connectivity index (χ1) is 9.67. The molecule has 0 aliphatic heterocycles. The molecular formula is C16H21NO3. The number of nitrogens with zero attached hydrogens (tertiary/aromatic N) is 1. The minimum absolute atomic E-state index is 0.122. The molecule has 0 spiro atoms. The molecule has 2 fully saturated rings. The number of rotatable bonds is 4. The van der Waals surface area contributed by atoms with Crippen LogP contribution in [0.15, 0.2) is 24.3 Å². The van der Waals surface area contributed by atoms with E-state index in [0.29, 0.717) is 5.92 Å². The molecular weight excluding hydrogens is 254 g/mol. The Morgan fingerprint density at radius 2 is 1.85 bits per heavy atom. The monoisotopic (exact) mass is 275 g/mol. The molecule has 2 aliphatic rings. The highest BCUT2D eigenvalue weighted by Crippen LogP contribution is 2.60. The van der Waals surface area contributed by atoms with Gasteiger partial charge in [-0.2, -0.15) is 0 Å². The molecule has 1 aromatic carbocycles. The SMILES string of the molecule is O=[N+]([O-])c1ccc(C2(CO)CC2C2CCCCC2)cc1. The maximum Gasteiger partial charge on any atom is 0.269 e. The van der Waals surface area contributed by atoms with E-state index < -0.39 is 0 Å². The molecule has 20 heavy (non-hydrogen) atoms. The highest BCUT2D eigenvalue weighted by molar-refractivity contribution is 5.40. The number of hydrogen-bond donors (Lipinski definition) is 1. The summed E-state index contributed by atoms with van der Waals surface area (Å²) < 4.78 is 0. The summed E-state index contributed by atoms with van der Waals surface area (Å²) in [6, 6.07) is 6.78. The minimum Gasteiger partial charge on any atom is -0.395 e. The molecule has 0 aromatic heterocycles. The van der Waals surface area contributed by atoms with Gasteiger partial charge in [-0.3, -0.25) is 10.1 Å². The molecule has 0 saturated heterocycles. The number of hydrogen-bond acceptors (Lipinski definition) is 3. The topological polar surface area (TPSA) is 63.4 Å². The van der Waals surface area contributed by atoms with Gasteiger partial charge in [-0.1, -0.05) is 44.2 Å². The van der Waals surface area contributed by atoms with E-state index in [1.165, 1.54) is 32.1 Å². The molecule has 2 unspecified atom stereocenters. The van der Waals surface area contributed by atoms with Gasteiger partial charge in [0.05, 0.1) is 11.5 Å². The molecule has 0 amide bonds. The largest absolute Gasteiger partial charge is 0.395 e. The van der Waals surface area contributed by atoms with Crippen LogP contribution < -0.4 is 0 Å². The maximum atomic E-state index is 10.7. The molecule has 0 radical (unpaired) electrons. The summed E-state index contributed by atoms with van der Waals surface area (Å²) in [5.41, 5.74) is 1.06. The van der Waals surface area contributed by atoms with Crippen molar-refractivity contribution in [2.24, 2.45) is 11.8 Å². The fraction of sp³-hybridized carbons (Fsp3) is 0.625. The first kappa shape index (κ1) is 13.6. The van der Waals surface area contributed by atoms with Crippen molar-refractivity contribution in [2.75, 3.05) is 6.61 Å². The van der Waals surface area contributed by atoms with E-state index in [-0.39, 0.29) is 22.6 Å². The quantitative estimate of drug-likeness (QED) is 0.676. The van der Waals surface area contributed by atoms with E-state index >= 15 is 0 Å². The van der Waals surface area contributed by atoms with E-state index in [2.05, 4.69) is 0 Å². The first-order valence-electron chi connectivity index (χ1n) is 7.53. The van der Waals surface area contributed by atoms with Crippen LogP contribution in [0.25, 0.3) is 0 Å². The molecule has 1 aromatic rings. The van der Waals surface area contributed by atoms with E-state index in [0.717, 1.165) is 17.9 Å². The zero-order valence-electron chi connectivity index (χ0n) is 11.6. The number of nitro groups is 1. The molecule has 2 atom stereocenters. The predicted molar refractivity (Wildman–Crippen MR) is 76.5 cm³/mol. The van der Waals surface area contributed by atoms with Crippen LogP contribution in [0.4, 0.5) is 5.69 Å². The van der Waals surface area contributed by atoms with Crippen molar-refractivity contribution < 1.29 is 10.0 Å². The number of non-ortho nitro benzene ring substituents is 1. The Kier molecular flexibility index (Phi) is 3.50. The van der Waals surface area contributed by atoms with Crippen LogP contribution in [0.3, 0.4) is 0 Å². The summed E-state index contributed by atoms with van der Waals surface area (Å²) in [6.45, 7) is 0.159. The third-order valence-corrected chi connectivity index (χ3v) is 5.29. The molecule has 108 valence electrons. The zero-order chi connectivity index (χ0) is 14.2. The van der Waals surface area contributed by atoms with E-state index in [4.69, 9.17) is 0 Å². The van der Waals surface area contributed by atoms with Crippen LogP contribution in [-0.2, 0) is 5.41 Å². The first-order valence-corrected chi connectivity index (χ1v) is 7.53. The lowest BCUT2D eigenvalue weighted by atomic mass is 9.81. The van der Waals surface area contributed by atoms with Crippen LogP contribution in [0, 0.1) is 22.0 Å². The highest BCUT2D eigenvalue weighted by Gasteiger charge is 2.57. The van der Waals surface area contributed by atoms with Gasteiger partial charge >= 0.3 is 0 Å². The van der Waals surface area contributed by atoms with Gasteiger partial charge in [0.25, 0.3) is 5.69 Å². The smallest absolute Gasteiger partial charge is 0.269 e. The van der Waals surface area contributed by atoms with Crippen molar-refractivity contribution in [1.82, 2.24) is 0 Å². The van der Waals surface area contributed by atoms with Crippen molar-refractivity contribution in [3.8, 4) is 0 Å². The lowest BCUT2D eigenvalue weighted by Crippen LogP contribution is -2.21. The van der Waals surface area contributed by atoms with Gasteiger partial charge in [0, 0.05) is 17.5 Å². The summed E-state index contributed by atoms with van der Waals surface area (Å²) in [5, 5.41) is 20.6. The van der Waals surface area contributed by atoms with Crippen molar-refractivity contribution in [2.45, 2.75) is 43.9 Å². The average Bonchev–Trinajstić information content (AvgIpc) is 3.24. The normalized spacial score (nSPS) is 30.1. The van der Waals surface area contributed by atoms with Gasteiger partial charge in [0.1, 0.15) is 0 Å². The van der Waals surface area contributed by atoms with Crippen molar-refractivity contribution >= 4 is 5.69 Å². The van der Waals surface area contributed by atoms with Crippen molar-refractivity contribution in [3.63, 3.8) is 0 Å². The third-order valence-electron chi connectivity index (χ3n) is 5.29. The maximum absolute atomic E-state index is 10.7. The van der Waals surface area contributed by atoms with Gasteiger partial charge < -0.3 is 5.11 Å². The number of benzene rings is 1. The standard InChI is InChI=1S/C16H21NO3/c18-11-16(10-15(16)12-4-2-1-3-5-12)13-6-8-14(9-7-13)17(19)20/h6-9,12,15,18H,1-5,10-11H2. The Bertz CT molecular complexity index is 493. The minimum atomic E-state index is -0.374. The molecule has 2 saturated carbocycles. The number of aliphatic hydroxyl groups excluding tert-OH is 1. The molecule has 4 heteroatoms. The Hall–Kier alpha value is -1.42. The summed E-state index contributed by atoms with van der Waals surface area (Å²) in [6.07, 6.45) is 7.55. The van der Waals surface area contributed by atoms with Crippen LogP contribution in [-0.4, -0.2) is 16.6 Å². The number of aliphatic hydroxyl groups is 1. The van der Waals surface area contributed by atoms with E-state index in [1.807, 2.05) is 12.1 Å². The van der Waals surface area contributed by atoms with E-state index in [9.17, 15) is 15.2 Å². The summed E-state index contributed by atoms with van der Waals surface area (Å²) >= 11 is 0. The Labute approximate surface area is 119 Å². The second-order valence-electron chi connectivity index (χ2n) is 6.33. The number of nitro benzene ring substituents is 1. The molecule has 2 aliphatic carbocycles. The van der Waals surface area contributed by atoms with Gasteiger partial charge in [-0.05, 0) is 23.8 Å². The third kappa shape index (κ3) is 2.22. The Balaban J connectivity index is 1.78. The van der Waals surface area contributed by atoms with Crippen LogP contribution in [0.2, 0.25) is 0 Å². The van der Waals surface area contributed by atoms with Gasteiger partial charge in [-0.15, -0.1) is 0 Å². The summed E-state index contributed by atoms with van der Waals surface area (Å²) in [5.74, 6) is 1.29. The predicted octanol–water partition coefficient (Wildman–Crippen LogP) is 3.43. The van der Waals surface area contributed by atoms with Crippen molar-refractivity contribution in [3.05, 3.63) is 39.9 Å². The zero-order valence-corrected chi connectivity index (χ0v) is 11.6. The Morgan fingerprint density at radius 1 is 1.20 bits per heavy atom. The van der Waals surface area contributed by atoms with Gasteiger partial charge in [0.2, 0.25) is 0 Å². The lowest BCUT2D eigenvalue weighted by molar-refractivity contribution is -0.384. The molecule has 0 bridgehead atoms. The molecule has 0 heterocycles. The van der Waals surface area contributed by atoms with Gasteiger partial charge in [0.15, 0.2) is 0 Å². The van der Waals surface area contributed by atoms with Crippen molar-refractivity contribution in [1.29, 1.82) is 0 Å². The van der Waals surface area contributed by atoms with Crippen LogP contribution in [0.1, 0.15) is 44.1 Å². The Morgan fingerprint density at radius 3 is 2.40 bits per heavy atom. The summed E-state index contributed by atoms with van der Waals surface area (Å²) in [7, 11) is 0. The second kappa shape index (κ2) is 5.17. The second-order valence-corrected chi connectivity index (χ2v) is 6.33. The van der Waals surface area contributed by atoms with E-state index in [1.54, 1.807) is 12.1 Å². The lowest BCUT2D eigenvalue weighted by Gasteiger charge is -2.25. The molecule has 1 N–H and O–H groups in total. The van der Waals surface area contributed by atoms with Crippen LogP contribution >= 0.6 is 0 Å². The molecule has 3 rings (SSSR count). The molecule has 4 nitrogen and oxygen atoms in total. The average molecular weight is 275 g/mol. The fourth-order valence-corrected chi connectivity index (χ4v) is 4.01. The summed E-state index contributed by atoms with van der Waals surface area (Å²) in [4.78, 5) is 10.3.